The van der Waals surface area contributed by atoms with Crippen LogP contribution in [0.3, 0.4) is 0 Å². The fourth-order valence-corrected chi connectivity index (χ4v) is 2.23. The molecule has 0 bridgehead atoms. The standard InChI is InChI=1S/C19H18N4O/c1-13-6-8-15(9-7-13)22-19-20-11-10-17(23-19)18(24)21-16-5-3-4-14(2)12-16/h3-12H,1-2H3,(H,21,24)(H,20,22,23). The zero-order chi connectivity index (χ0) is 16.9. The van der Waals surface area contributed by atoms with E-state index in [2.05, 4.69) is 20.6 Å². The Balaban J connectivity index is 1.74. The van der Waals surface area contributed by atoms with Gasteiger partial charge in [-0.05, 0) is 49.7 Å². The zero-order valence-electron chi connectivity index (χ0n) is 13.6. The minimum absolute atomic E-state index is 0.269. The molecule has 1 amide bonds. The largest absolute Gasteiger partial charge is 0.324 e. The van der Waals surface area contributed by atoms with Gasteiger partial charge in [0.25, 0.3) is 5.91 Å². The van der Waals surface area contributed by atoms with E-state index in [1.54, 1.807) is 12.3 Å². The number of nitrogens with one attached hydrogen (secondary N) is 2. The molecule has 0 unspecified atom stereocenters. The summed E-state index contributed by atoms with van der Waals surface area (Å²) in [6, 6.07) is 17.1. The summed E-state index contributed by atoms with van der Waals surface area (Å²) >= 11 is 0. The lowest BCUT2D eigenvalue weighted by molar-refractivity contribution is 0.102. The van der Waals surface area contributed by atoms with Crippen molar-refractivity contribution in [1.82, 2.24) is 9.97 Å². The molecule has 1 heterocycles. The van der Waals surface area contributed by atoms with Gasteiger partial charge in [0.2, 0.25) is 5.95 Å². The van der Waals surface area contributed by atoms with Gasteiger partial charge in [-0.2, -0.15) is 0 Å². The van der Waals surface area contributed by atoms with Gasteiger partial charge in [0, 0.05) is 17.6 Å². The molecule has 0 aliphatic heterocycles. The van der Waals surface area contributed by atoms with Crippen molar-refractivity contribution >= 4 is 23.2 Å². The fraction of sp³-hybridized carbons (Fsp3) is 0.105. The number of aromatic nitrogens is 2. The second kappa shape index (κ2) is 6.91. The van der Waals surface area contributed by atoms with Crippen LogP contribution in [0.1, 0.15) is 21.6 Å². The minimum atomic E-state index is -0.269. The lowest BCUT2D eigenvalue weighted by atomic mass is 10.2. The lowest BCUT2D eigenvalue weighted by Gasteiger charge is -2.08. The number of amides is 1. The van der Waals surface area contributed by atoms with E-state index < -0.39 is 0 Å². The first-order valence-corrected chi connectivity index (χ1v) is 7.65. The number of hydrogen-bond acceptors (Lipinski definition) is 4. The van der Waals surface area contributed by atoms with Crippen molar-refractivity contribution in [2.75, 3.05) is 10.6 Å². The van der Waals surface area contributed by atoms with Gasteiger partial charge in [-0.1, -0.05) is 29.8 Å². The topological polar surface area (TPSA) is 66.9 Å². The molecule has 0 radical (unpaired) electrons. The predicted octanol–water partition coefficient (Wildman–Crippen LogP) is 4.09. The highest BCUT2D eigenvalue weighted by atomic mass is 16.1. The predicted molar refractivity (Wildman–Crippen MR) is 95.6 cm³/mol. The third kappa shape index (κ3) is 3.95. The van der Waals surface area contributed by atoms with E-state index in [1.165, 1.54) is 5.56 Å². The number of hydrogen-bond donors (Lipinski definition) is 2. The summed E-state index contributed by atoms with van der Waals surface area (Å²) in [5, 5.41) is 5.94. The van der Waals surface area contributed by atoms with Gasteiger partial charge in [-0.15, -0.1) is 0 Å². The van der Waals surface area contributed by atoms with Crippen molar-refractivity contribution in [2.45, 2.75) is 13.8 Å². The van der Waals surface area contributed by atoms with Gasteiger partial charge in [-0.25, -0.2) is 9.97 Å². The van der Waals surface area contributed by atoms with Gasteiger partial charge in [-0.3, -0.25) is 4.79 Å². The molecule has 0 atom stereocenters. The van der Waals surface area contributed by atoms with Gasteiger partial charge in [0.15, 0.2) is 0 Å². The zero-order valence-corrected chi connectivity index (χ0v) is 13.6. The number of nitrogens with zero attached hydrogens (tertiary/aromatic N) is 2. The molecule has 2 N–H and O–H groups in total. The second-order valence-electron chi connectivity index (χ2n) is 5.58. The summed E-state index contributed by atoms with van der Waals surface area (Å²) in [6.07, 6.45) is 1.56. The van der Waals surface area contributed by atoms with Crippen molar-refractivity contribution in [3.8, 4) is 0 Å². The summed E-state index contributed by atoms with van der Waals surface area (Å²) in [5.41, 5.74) is 4.18. The molecule has 5 nitrogen and oxygen atoms in total. The van der Waals surface area contributed by atoms with E-state index in [1.807, 2.05) is 62.4 Å². The normalized spacial score (nSPS) is 10.2. The van der Waals surface area contributed by atoms with Crippen LogP contribution in [0.4, 0.5) is 17.3 Å². The number of rotatable bonds is 4. The fourth-order valence-electron chi connectivity index (χ4n) is 2.23. The van der Waals surface area contributed by atoms with Crippen LogP contribution in [0.15, 0.2) is 60.8 Å². The van der Waals surface area contributed by atoms with Crippen LogP contribution in [0.5, 0.6) is 0 Å². The molecule has 0 aliphatic carbocycles. The van der Waals surface area contributed by atoms with E-state index in [0.717, 1.165) is 16.9 Å². The Morgan fingerprint density at radius 1 is 0.917 bits per heavy atom. The quantitative estimate of drug-likeness (QED) is 0.760. The van der Waals surface area contributed by atoms with Crippen molar-refractivity contribution in [3.63, 3.8) is 0 Å². The van der Waals surface area contributed by atoms with E-state index >= 15 is 0 Å². The first kappa shape index (κ1) is 15.7. The molecular weight excluding hydrogens is 300 g/mol. The summed E-state index contributed by atoms with van der Waals surface area (Å²) < 4.78 is 0. The van der Waals surface area contributed by atoms with E-state index in [4.69, 9.17) is 0 Å². The Bertz CT molecular complexity index is 859. The van der Waals surface area contributed by atoms with Crippen molar-refractivity contribution in [3.05, 3.63) is 77.6 Å². The molecule has 5 heteroatoms. The Hall–Kier alpha value is -3.21. The minimum Gasteiger partial charge on any atom is -0.324 e. The molecule has 0 saturated heterocycles. The number of carbonyl (C=O) groups is 1. The van der Waals surface area contributed by atoms with Crippen LogP contribution in [0.25, 0.3) is 0 Å². The van der Waals surface area contributed by atoms with Gasteiger partial charge in [0.1, 0.15) is 5.69 Å². The molecule has 0 saturated carbocycles. The van der Waals surface area contributed by atoms with Gasteiger partial charge >= 0.3 is 0 Å². The van der Waals surface area contributed by atoms with Crippen LogP contribution in [0.2, 0.25) is 0 Å². The highest BCUT2D eigenvalue weighted by molar-refractivity contribution is 6.03. The summed E-state index contributed by atoms with van der Waals surface area (Å²) in [4.78, 5) is 20.8. The number of aryl methyl sites for hydroxylation is 2. The van der Waals surface area contributed by atoms with Crippen molar-refractivity contribution in [2.24, 2.45) is 0 Å². The van der Waals surface area contributed by atoms with E-state index in [0.29, 0.717) is 11.6 Å². The SMILES string of the molecule is Cc1ccc(Nc2nccc(C(=O)Nc3cccc(C)c3)n2)cc1. The molecule has 1 aromatic heterocycles. The van der Waals surface area contributed by atoms with Crippen LogP contribution in [-0.2, 0) is 0 Å². The number of carbonyl (C=O) groups excluding carboxylic acids is 1. The molecule has 3 rings (SSSR count). The monoisotopic (exact) mass is 318 g/mol. The maximum atomic E-state index is 12.3. The summed E-state index contributed by atoms with van der Waals surface area (Å²) in [7, 11) is 0. The Morgan fingerprint density at radius 3 is 2.46 bits per heavy atom. The lowest BCUT2D eigenvalue weighted by Crippen LogP contribution is -2.14. The van der Waals surface area contributed by atoms with Crippen molar-refractivity contribution < 1.29 is 4.79 Å². The Kier molecular flexibility index (Phi) is 4.52. The van der Waals surface area contributed by atoms with E-state index in [9.17, 15) is 4.79 Å². The molecule has 120 valence electrons. The summed E-state index contributed by atoms with van der Waals surface area (Å²) in [6.45, 7) is 4.00. The maximum Gasteiger partial charge on any atom is 0.274 e. The third-order valence-electron chi connectivity index (χ3n) is 3.47. The average molecular weight is 318 g/mol. The summed E-state index contributed by atoms with van der Waals surface area (Å²) in [5.74, 6) is 0.116. The Labute approximate surface area is 140 Å². The second-order valence-corrected chi connectivity index (χ2v) is 5.58. The molecule has 24 heavy (non-hydrogen) atoms. The van der Waals surface area contributed by atoms with Gasteiger partial charge < -0.3 is 10.6 Å². The highest BCUT2D eigenvalue weighted by Crippen LogP contribution is 2.15. The Morgan fingerprint density at radius 2 is 1.71 bits per heavy atom. The molecule has 0 fully saturated rings. The molecule has 0 aliphatic rings. The van der Waals surface area contributed by atoms with Crippen LogP contribution in [0, 0.1) is 13.8 Å². The third-order valence-corrected chi connectivity index (χ3v) is 3.47. The highest BCUT2D eigenvalue weighted by Gasteiger charge is 2.09. The van der Waals surface area contributed by atoms with Gasteiger partial charge in [0.05, 0.1) is 0 Å². The average Bonchev–Trinajstić information content (AvgIpc) is 2.57. The van der Waals surface area contributed by atoms with Crippen LogP contribution in [-0.4, -0.2) is 15.9 Å². The maximum absolute atomic E-state index is 12.3. The first-order valence-electron chi connectivity index (χ1n) is 7.65. The molecule has 2 aromatic carbocycles. The smallest absolute Gasteiger partial charge is 0.274 e. The first-order chi connectivity index (χ1) is 11.6. The number of anilines is 3. The van der Waals surface area contributed by atoms with E-state index in [-0.39, 0.29) is 5.91 Å². The van der Waals surface area contributed by atoms with Crippen LogP contribution < -0.4 is 10.6 Å². The molecule has 0 spiro atoms. The molecule has 3 aromatic rings. The molecular formula is C19H18N4O. The number of benzene rings is 2. The van der Waals surface area contributed by atoms with Crippen LogP contribution >= 0.6 is 0 Å². The van der Waals surface area contributed by atoms with Crippen molar-refractivity contribution in [1.29, 1.82) is 0 Å².